The van der Waals surface area contributed by atoms with E-state index in [-0.39, 0.29) is 12.1 Å². The molecule has 2 amide bonds. The molecule has 0 spiro atoms. The Hall–Kier alpha value is -4.07. The fourth-order valence-corrected chi connectivity index (χ4v) is 2.88. The summed E-state index contributed by atoms with van der Waals surface area (Å²) in [4.78, 5) is 45.0. The molecule has 8 heteroatoms. The van der Waals surface area contributed by atoms with Crippen molar-refractivity contribution >= 4 is 17.8 Å². The van der Waals surface area contributed by atoms with Gasteiger partial charge in [0.2, 0.25) is 5.91 Å². The number of aromatic nitrogens is 2. The van der Waals surface area contributed by atoms with Crippen molar-refractivity contribution in [2.24, 2.45) is 0 Å². The van der Waals surface area contributed by atoms with E-state index in [1.165, 1.54) is 18.6 Å². The largest absolute Gasteiger partial charge is 0.479 e. The number of nitrogens with one attached hydrogen (secondary N) is 2. The minimum absolute atomic E-state index is 0.0567. The molecule has 0 saturated carbocycles. The highest BCUT2D eigenvalue weighted by Crippen LogP contribution is 2.14. The van der Waals surface area contributed by atoms with Crippen LogP contribution in [-0.2, 0) is 16.0 Å². The van der Waals surface area contributed by atoms with E-state index in [0.29, 0.717) is 5.56 Å². The molecule has 3 rings (SSSR count). The zero-order valence-electron chi connectivity index (χ0n) is 15.9. The van der Waals surface area contributed by atoms with Crippen LogP contribution in [0.2, 0.25) is 0 Å². The van der Waals surface area contributed by atoms with E-state index in [4.69, 9.17) is 0 Å². The second kappa shape index (κ2) is 9.92. The highest BCUT2D eigenvalue weighted by atomic mass is 16.4. The van der Waals surface area contributed by atoms with Crippen LogP contribution in [0.1, 0.15) is 27.7 Å². The Morgan fingerprint density at radius 3 is 2.17 bits per heavy atom. The number of carboxylic acid groups (broad SMARTS) is 1. The van der Waals surface area contributed by atoms with Gasteiger partial charge in [-0.05, 0) is 11.1 Å². The molecule has 30 heavy (non-hydrogen) atoms. The summed E-state index contributed by atoms with van der Waals surface area (Å²) >= 11 is 0. The van der Waals surface area contributed by atoms with Crippen molar-refractivity contribution in [3.05, 3.63) is 96.1 Å². The van der Waals surface area contributed by atoms with Crippen molar-refractivity contribution in [1.82, 2.24) is 20.6 Å². The van der Waals surface area contributed by atoms with Gasteiger partial charge in [-0.3, -0.25) is 14.6 Å². The normalized spacial score (nSPS) is 12.4. The maximum Gasteiger partial charge on any atom is 0.330 e. The first-order valence-electron chi connectivity index (χ1n) is 9.23. The summed E-state index contributed by atoms with van der Waals surface area (Å²) in [6.07, 6.45) is 4.27. The third-order valence-corrected chi connectivity index (χ3v) is 4.37. The average molecular weight is 404 g/mol. The summed E-state index contributed by atoms with van der Waals surface area (Å²) in [6, 6.07) is 15.2. The van der Waals surface area contributed by atoms with Gasteiger partial charge in [-0.15, -0.1) is 0 Å². The Morgan fingerprint density at radius 2 is 1.57 bits per heavy atom. The van der Waals surface area contributed by atoms with Crippen molar-refractivity contribution in [2.45, 2.75) is 18.5 Å². The fraction of sp³-hybridized carbons (Fsp3) is 0.136. The summed E-state index contributed by atoms with van der Waals surface area (Å²) in [6.45, 7) is 0. The number of carbonyl (C=O) groups excluding carboxylic acids is 2. The Morgan fingerprint density at radius 1 is 0.900 bits per heavy atom. The highest BCUT2D eigenvalue weighted by Gasteiger charge is 2.28. The van der Waals surface area contributed by atoms with Gasteiger partial charge in [0.25, 0.3) is 5.91 Å². The Kier molecular flexibility index (Phi) is 6.83. The highest BCUT2D eigenvalue weighted by molar-refractivity contribution is 5.96. The predicted octanol–water partition coefficient (Wildman–Crippen LogP) is 1.76. The topological polar surface area (TPSA) is 121 Å². The summed E-state index contributed by atoms with van der Waals surface area (Å²) < 4.78 is 0. The third kappa shape index (κ3) is 5.48. The molecule has 0 fully saturated rings. The van der Waals surface area contributed by atoms with Gasteiger partial charge in [0.1, 0.15) is 11.7 Å². The van der Waals surface area contributed by atoms with E-state index in [0.717, 1.165) is 5.56 Å². The molecule has 0 aliphatic rings. The molecule has 3 N–H and O–H groups in total. The maximum absolute atomic E-state index is 13.0. The lowest BCUT2D eigenvalue weighted by Crippen LogP contribution is -2.50. The quantitative estimate of drug-likeness (QED) is 0.526. The number of hydrogen-bond donors (Lipinski definition) is 3. The number of aliphatic carboxylic acids is 1. The van der Waals surface area contributed by atoms with E-state index in [1.54, 1.807) is 30.3 Å². The van der Waals surface area contributed by atoms with Crippen LogP contribution in [-0.4, -0.2) is 38.9 Å². The van der Waals surface area contributed by atoms with Gasteiger partial charge in [0, 0.05) is 18.8 Å². The molecule has 2 unspecified atom stereocenters. The minimum Gasteiger partial charge on any atom is -0.479 e. The van der Waals surface area contributed by atoms with E-state index >= 15 is 0 Å². The van der Waals surface area contributed by atoms with Crippen molar-refractivity contribution in [3.63, 3.8) is 0 Å². The molecule has 0 bridgehead atoms. The lowest BCUT2D eigenvalue weighted by atomic mass is 10.0. The molecule has 0 aliphatic carbocycles. The van der Waals surface area contributed by atoms with Crippen molar-refractivity contribution in [3.8, 4) is 0 Å². The molecule has 8 nitrogen and oxygen atoms in total. The average Bonchev–Trinajstić information content (AvgIpc) is 2.78. The Bertz CT molecular complexity index is 997. The summed E-state index contributed by atoms with van der Waals surface area (Å²) in [5.74, 6) is -2.40. The first-order chi connectivity index (χ1) is 14.5. The van der Waals surface area contributed by atoms with E-state index in [2.05, 4.69) is 20.6 Å². The molecule has 0 saturated heterocycles. The number of amides is 2. The van der Waals surface area contributed by atoms with Crippen LogP contribution in [0.25, 0.3) is 0 Å². The fourth-order valence-electron chi connectivity index (χ4n) is 2.88. The predicted molar refractivity (Wildman–Crippen MR) is 108 cm³/mol. The van der Waals surface area contributed by atoms with Crippen LogP contribution in [0.3, 0.4) is 0 Å². The molecular weight excluding hydrogens is 384 g/mol. The monoisotopic (exact) mass is 404 g/mol. The second-order valence-corrected chi connectivity index (χ2v) is 6.50. The van der Waals surface area contributed by atoms with Gasteiger partial charge in [0.05, 0.1) is 6.20 Å². The van der Waals surface area contributed by atoms with Crippen molar-refractivity contribution in [2.75, 3.05) is 0 Å². The van der Waals surface area contributed by atoms with Gasteiger partial charge in [-0.25, -0.2) is 9.78 Å². The Balaban J connectivity index is 1.81. The number of carbonyl (C=O) groups is 3. The number of carboxylic acids is 1. The van der Waals surface area contributed by atoms with Crippen LogP contribution in [0.4, 0.5) is 0 Å². The molecule has 0 aliphatic heterocycles. The standard InChI is InChI=1S/C22H20N4O4/c27-20(26-19(22(29)30)16-9-5-2-6-10-16)17(13-15-7-3-1-4-8-15)25-21(28)18-14-23-11-12-24-18/h1-12,14,17,19H,13H2,(H,25,28)(H,26,27)(H,29,30). The number of nitrogens with zero attached hydrogens (tertiary/aromatic N) is 2. The molecule has 2 aromatic carbocycles. The first kappa shape index (κ1) is 20.7. The summed E-state index contributed by atoms with van der Waals surface area (Å²) in [5.41, 5.74) is 1.29. The lowest BCUT2D eigenvalue weighted by Gasteiger charge is -2.22. The molecule has 1 aromatic heterocycles. The number of rotatable bonds is 8. The second-order valence-electron chi connectivity index (χ2n) is 6.50. The molecule has 1 heterocycles. The minimum atomic E-state index is -1.25. The molecular formula is C22H20N4O4. The lowest BCUT2D eigenvalue weighted by molar-refractivity contribution is -0.142. The molecule has 2 atom stereocenters. The van der Waals surface area contributed by atoms with Crippen molar-refractivity contribution in [1.29, 1.82) is 0 Å². The van der Waals surface area contributed by atoms with Gasteiger partial charge in [-0.1, -0.05) is 60.7 Å². The maximum atomic E-state index is 13.0. The molecule has 3 aromatic rings. The van der Waals surface area contributed by atoms with E-state index in [1.807, 2.05) is 30.3 Å². The summed E-state index contributed by atoms with van der Waals surface area (Å²) in [7, 11) is 0. The van der Waals surface area contributed by atoms with Gasteiger partial charge >= 0.3 is 5.97 Å². The summed E-state index contributed by atoms with van der Waals surface area (Å²) in [5, 5.41) is 14.7. The van der Waals surface area contributed by atoms with Gasteiger partial charge < -0.3 is 15.7 Å². The van der Waals surface area contributed by atoms with Gasteiger partial charge in [-0.2, -0.15) is 0 Å². The molecule has 152 valence electrons. The van der Waals surface area contributed by atoms with E-state index < -0.39 is 29.9 Å². The van der Waals surface area contributed by atoms with Crippen molar-refractivity contribution < 1.29 is 19.5 Å². The smallest absolute Gasteiger partial charge is 0.330 e. The zero-order valence-corrected chi connectivity index (χ0v) is 15.9. The van der Waals surface area contributed by atoms with Crippen LogP contribution in [0, 0.1) is 0 Å². The third-order valence-electron chi connectivity index (χ3n) is 4.37. The SMILES string of the molecule is O=C(NC(Cc1ccccc1)C(=O)NC(C(=O)O)c1ccccc1)c1cnccn1. The number of benzene rings is 2. The zero-order chi connectivity index (χ0) is 21.3. The van der Waals surface area contributed by atoms with Crippen LogP contribution in [0.15, 0.2) is 79.3 Å². The number of hydrogen-bond acceptors (Lipinski definition) is 5. The first-order valence-corrected chi connectivity index (χ1v) is 9.23. The Labute approximate surface area is 173 Å². The molecule has 0 radical (unpaired) electrons. The van der Waals surface area contributed by atoms with Crippen LogP contribution in [0.5, 0.6) is 0 Å². The van der Waals surface area contributed by atoms with Crippen LogP contribution < -0.4 is 10.6 Å². The van der Waals surface area contributed by atoms with Gasteiger partial charge in [0.15, 0.2) is 6.04 Å². The van der Waals surface area contributed by atoms with Crippen LogP contribution >= 0.6 is 0 Å². The van der Waals surface area contributed by atoms with E-state index in [9.17, 15) is 19.5 Å².